The van der Waals surface area contributed by atoms with Gasteiger partial charge in [0, 0.05) is 12.8 Å². The number of hydrogen-bond donors (Lipinski definition) is 2. The molecule has 6 nitrogen and oxygen atoms in total. The molecular formula is C15H20O6S. The minimum Gasteiger partial charge on any atom is -0.481 e. The van der Waals surface area contributed by atoms with Crippen molar-refractivity contribution in [2.75, 3.05) is 11.5 Å². The maximum atomic E-state index is 12.0. The van der Waals surface area contributed by atoms with E-state index in [2.05, 4.69) is 0 Å². The van der Waals surface area contributed by atoms with Gasteiger partial charge in [-0.25, -0.2) is 8.42 Å². The van der Waals surface area contributed by atoms with Crippen LogP contribution >= 0.6 is 0 Å². The molecule has 0 aliphatic rings. The first-order valence-corrected chi connectivity index (χ1v) is 8.78. The first kappa shape index (κ1) is 18.2. The molecule has 0 amide bonds. The Morgan fingerprint density at radius 2 is 1.55 bits per heavy atom. The number of carboxylic acids is 2. The predicted octanol–water partition coefficient (Wildman–Crippen LogP) is 1.60. The van der Waals surface area contributed by atoms with Crippen LogP contribution in [0.4, 0.5) is 0 Å². The average Bonchev–Trinajstić information content (AvgIpc) is 2.37. The van der Waals surface area contributed by atoms with Crippen LogP contribution in [-0.4, -0.2) is 42.1 Å². The number of rotatable bonds is 10. The summed E-state index contributed by atoms with van der Waals surface area (Å²) >= 11 is 0. The predicted molar refractivity (Wildman–Crippen MR) is 81.4 cm³/mol. The molecule has 0 saturated heterocycles. The summed E-state index contributed by atoms with van der Waals surface area (Å²) in [6, 6.07) is 9.44. The molecule has 0 aliphatic carbocycles. The van der Waals surface area contributed by atoms with E-state index in [0.717, 1.165) is 5.56 Å². The van der Waals surface area contributed by atoms with Crippen LogP contribution in [0.1, 0.15) is 24.8 Å². The van der Waals surface area contributed by atoms with Gasteiger partial charge in [0.1, 0.15) is 0 Å². The zero-order valence-corrected chi connectivity index (χ0v) is 13.0. The van der Waals surface area contributed by atoms with Crippen LogP contribution in [0.5, 0.6) is 0 Å². The van der Waals surface area contributed by atoms with E-state index >= 15 is 0 Å². The molecule has 0 radical (unpaired) electrons. The third-order valence-electron chi connectivity index (χ3n) is 3.18. The smallest absolute Gasteiger partial charge is 0.303 e. The molecule has 0 aromatic heterocycles. The van der Waals surface area contributed by atoms with E-state index in [1.165, 1.54) is 0 Å². The first-order valence-electron chi connectivity index (χ1n) is 6.96. The summed E-state index contributed by atoms with van der Waals surface area (Å²) in [7, 11) is -3.47. The highest BCUT2D eigenvalue weighted by Gasteiger charge is 2.23. The Hall–Kier alpha value is -1.89. The number of aliphatic carboxylic acids is 2. The molecule has 0 aliphatic heterocycles. The van der Waals surface area contributed by atoms with Crippen LogP contribution in [0.3, 0.4) is 0 Å². The molecule has 0 unspecified atom stereocenters. The Morgan fingerprint density at radius 3 is 2.05 bits per heavy atom. The van der Waals surface area contributed by atoms with Gasteiger partial charge in [0.15, 0.2) is 9.84 Å². The van der Waals surface area contributed by atoms with Gasteiger partial charge >= 0.3 is 11.9 Å². The molecule has 0 heterocycles. The highest BCUT2D eigenvalue weighted by molar-refractivity contribution is 7.91. The molecule has 7 heteroatoms. The monoisotopic (exact) mass is 328 g/mol. The van der Waals surface area contributed by atoms with Gasteiger partial charge in [-0.2, -0.15) is 0 Å². The topological polar surface area (TPSA) is 109 Å². The van der Waals surface area contributed by atoms with Gasteiger partial charge in [0.2, 0.25) is 0 Å². The van der Waals surface area contributed by atoms with Crippen molar-refractivity contribution in [3.63, 3.8) is 0 Å². The van der Waals surface area contributed by atoms with Crippen molar-refractivity contribution in [3.8, 4) is 0 Å². The molecule has 1 aromatic rings. The van der Waals surface area contributed by atoms with E-state index in [4.69, 9.17) is 10.2 Å². The van der Waals surface area contributed by atoms with Gasteiger partial charge in [-0.15, -0.1) is 0 Å². The molecule has 0 fully saturated rings. The van der Waals surface area contributed by atoms with Crippen LogP contribution in [0.15, 0.2) is 30.3 Å². The summed E-state index contributed by atoms with van der Waals surface area (Å²) in [5, 5.41) is 17.5. The quantitative estimate of drug-likeness (QED) is 0.675. The Balaban J connectivity index is 2.52. The van der Waals surface area contributed by atoms with Crippen molar-refractivity contribution in [2.45, 2.75) is 25.7 Å². The Labute approximate surface area is 129 Å². The maximum absolute atomic E-state index is 12.0. The maximum Gasteiger partial charge on any atom is 0.303 e. The SMILES string of the molecule is O=C(O)CC(CC(=O)O)CS(=O)(=O)CCCc1ccccc1. The highest BCUT2D eigenvalue weighted by atomic mass is 32.2. The lowest BCUT2D eigenvalue weighted by Crippen LogP contribution is -2.23. The molecule has 0 bridgehead atoms. The van der Waals surface area contributed by atoms with Gasteiger partial charge in [-0.1, -0.05) is 30.3 Å². The van der Waals surface area contributed by atoms with Crippen LogP contribution in [0.25, 0.3) is 0 Å². The first-order chi connectivity index (χ1) is 10.3. The third kappa shape index (κ3) is 7.78. The number of benzene rings is 1. The largest absolute Gasteiger partial charge is 0.481 e. The lowest BCUT2D eigenvalue weighted by molar-refractivity contribution is -0.140. The van der Waals surface area contributed by atoms with Gasteiger partial charge in [-0.3, -0.25) is 9.59 Å². The minimum absolute atomic E-state index is 0.0718. The number of aryl methyl sites for hydroxylation is 1. The van der Waals surface area contributed by atoms with E-state index in [9.17, 15) is 18.0 Å². The summed E-state index contributed by atoms with van der Waals surface area (Å²) in [6.07, 6.45) is 0.135. The normalized spacial score (nSPS) is 11.5. The second-order valence-electron chi connectivity index (χ2n) is 5.27. The third-order valence-corrected chi connectivity index (χ3v) is 5.07. The zero-order chi connectivity index (χ0) is 16.6. The standard InChI is InChI=1S/C15H20O6S/c16-14(17)9-13(10-15(18)19)11-22(20,21)8-4-7-12-5-2-1-3-6-12/h1-3,5-6,13H,4,7-11H2,(H,16,17)(H,18,19). The van der Waals surface area contributed by atoms with Crippen molar-refractivity contribution < 1.29 is 28.2 Å². The van der Waals surface area contributed by atoms with E-state index in [0.29, 0.717) is 12.8 Å². The Bertz CT molecular complexity index is 578. The fourth-order valence-electron chi connectivity index (χ4n) is 2.27. The molecule has 1 rings (SSSR count). The Morgan fingerprint density at radius 1 is 1.00 bits per heavy atom. The molecule has 2 N–H and O–H groups in total. The van der Waals surface area contributed by atoms with Crippen molar-refractivity contribution in [1.29, 1.82) is 0 Å². The van der Waals surface area contributed by atoms with Gasteiger partial charge in [-0.05, 0) is 24.3 Å². The summed E-state index contributed by atoms with van der Waals surface area (Å²) in [6.45, 7) is 0. The zero-order valence-electron chi connectivity index (χ0n) is 12.1. The van der Waals surface area contributed by atoms with Gasteiger partial charge in [0.05, 0.1) is 11.5 Å². The fraction of sp³-hybridized carbons (Fsp3) is 0.467. The van der Waals surface area contributed by atoms with Crippen molar-refractivity contribution in [2.24, 2.45) is 5.92 Å². The molecular weight excluding hydrogens is 308 g/mol. The highest BCUT2D eigenvalue weighted by Crippen LogP contribution is 2.14. The van der Waals surface area contributed by atoms with Crippen molar-refractivity contribution in [3.05, 3.63) is 35.9 Å². The molecule has 0 spiro atoms. The van der Waals surface area contributed by atoms with Crippen LogP contribution in [0, 0.1) is 5.92 Å². The van der Waals surface area contributed by atoms with Crippen LogP contribution in [-0.2, 0) is 25.8 Å². The molecule has 22 heavy (non-hydrogen) atoms. The van der Waals surface area contributed by atoms with Gasteiger partial charge < -0.3 is 10.2 Å². The Kier molecular flexibility index (Phi) is 7.04. The van der Waals surface area contributed by atoms with Crippen LogP contribution < -0.4 is 0 Å². The lowest BCUT2D eigenvalue weighted by Gasteiger charge is -2.13. The average molecular weight is 328 g/mol. The number of carbonyl (C=O) groups is 2. The summed E-state index contributed by atoms with van der Waals surface area (Å²) < 4.78 is 24.0. The van der Waals surface area contributed by atoms with Gasteiger partial charge in [0.25, 0.3) is 0 Å². The van der Waals surface area contributed by atoms with E-state index in [1.54, 1.807) is 0 Å². The van der Waals surface area contributed by atoms with Crippen LogP contribution in [0.2, 0.25) is 0 Å². The fourth-order valence-corrected chi connectivity index (χ4v) is 3.97. The van der Waals surface area contributed by atoms with E-state index < -0.39 is 46.3 Å². The summed E-state index contributed by atoms with van der Waals surface area (Å²) in [4.78, 5) is 21.4. The number of carboxylic acid groups (broad SMARTS) is 2. The molecule has 122 valence electrons. The molecule has 1 aromatic carbocycles. The summed E-state index contributed by atoms with van der Waals surface area (Å²) in [5.41, 5.74) is 1.03. The van der Waals surface area contributed by atoms with E-state index in [1.807, 2.05) is 30.3 Å². The number of hydrogen-bond acceptors (Lipinski definition) is 4. The van der Waals surface area contributed by atoms with Crippen molar-refractivity contribution in [1.82, 2.24) is 0 Å². The minimum atomic E-state index is -3.47. The second kappa shape index (κ2) is 8.53. The molecule has 0 saturated carbocycles. The van der Waals surface area contributed by atoms with Crippen molar-refractivity contribution >= 4 is 21.8 Å². The van der Waals surface area contributed by atoms with E-state index in [-0.39, 0.29) is 5.75 Å². The summed E-state index contributed by atoms with van der Waals surface area (Å²) in [5.74, 6) is -3.74. The second-order valence-corrected chi connectivity index (χ2v) is 7.49. The molecule has 0 atom stereocenters. The number of sulfone groups is 1. The lowest BCUT2D eigenvalue weighted by atomic mass is 10.0.